The van der Waals surface area contributed by atoms with Gasteiger partial charge in [0.1, 0.15) is 0 Å². The van der Waals surface area contributed by atoms with Crippen LogP contribution in [0, 0.1) is 0 Å². The van der Waals surface area contributed by atoms with Gasteiger partial charge in [0.2, 0.25) is 0 Å². The molecule has 1 aromatic carbocycles. The number of allylic oxidation sites excluding steroid dienone is 1. The topological polar surface area (TPSA) is 30.9 Å². The fraction of sp³-hybridized carbons (Fsp3) is 0.375. The monoisotopic (exact) mass is 242 g/mol. The third kappa shape index (κ3) is 2.82. The second kappa shape index (κ2) is 6.41. The van der Waals surface area contributed by atoms with Gasteiger partial charge in [0.15, 0.2) is 0 Å². The van der Waals surface area contributed by atoms with Crippen LogP contribution in [0.5, 0.6) is 0 Å². The Morgan fingerprint density at radius 2 is 2.06 bits per heavy atom. The van der Waals surface area contributed by atoms with Crippen LogP contribution >= 0.6 is 0 Å². The summed E-state index contributed by atoms with van der Waals surface area (Å²) >= 11 is 0. The van der Waals surface area contributed by atoms with Crippen molar-refractivity contribution < 1.29 is 0 Å². The molecule has 0 saturated heterocycles. The molecule has 0 unspecified atom stereocenters. The highest BCUT2D eigenvalue weighted by atomic mass is 15.0. The Bertz CT molecular complexity index is 511. The number of nitrogens with two attached hydrogens (primary N) is 1. The van der Waals surface area contributed by atoms with Crippen molar-refractivity contribution in [1.82, 2.24) is 4.57 Å². The summed E-state index contributed by atoms with van der Waals surface area (Å²) in [5.41, 5.74) is 8.37. The van der Waals surface area contributed by atoms with Crippen LogP contribution in [0.25, 0.3) is 10.9 Å². The van der Waals surface area contributed by atoms with Gasteiger partial charge in [-0.2, -0.15) is 0 Å². The van der Waals surface area contributed by atoms with E-state index in [2.05, 4.69) is 41.6 Å². The van der Waals surface area contributed by atoms with Gasteiger partial charge < -0.3 is 10.3 Å². The molecule has 0 saturated carbocycles. The van der Waals surface area contributed by atoms with Crippen molar-refractivity contribution in [3.63, 3.8) is 0 Å². The average molecular weight is 242 g/mol. The maximum absolute atomic E-state index is 5.61. The molecule has 0 radical (unpaired) electrons. The van der Waals surface area contributed by atoms with Crippen LogP contribution in [0.4, 0.5) is 0 Å². The number of aromatic nitrogens is 1. The minimum atomic E-state index is 0.760. The summed E-state index contributed by atoms with van der Waals surface area (Å²) in [4.78, 5) is 0. The van der Waals surface area contributed by atoms with E-state index in [0.717, 1.165) is 38.8 Å². The second-order valence-corrected chi connectivity index (χ2v) is 4.69. The van der Waals surface area contributed by atoms with Gasteiger partial charge in [-0.15, -0.1) is 6.58 Å². The number of para-hydroxylation sites is 1. The Balaban J connectivity index is 2.25. The third-order valence-corrected chi connectivity index (χ3v) is 3.33. The summed E-state index contributed by atoms with van der Waals surface area (Å²) < 4.78 is 2.37. The van der Waals surface area contributed by atoms with Crippen molar-refractivity contribution in [2.45, 2.75) is 32.2 Å². The quantitative estimate of drug-likeness (QED) is 0.584. The Labute approximate surface area is 109 Å². The van der Waals surface area contributed by atoms with Crippen molar-refractivity contribution in [2.75, 3.05) is 6.54 Å². The number of benzene rings is 1. The van der Waals surface area contributed by atoms with E-state index in [1.165, 1.54) is 16.5 Å². The molecule has 18 heavy (non-hydrogen) atoms. The molecule has 0 bridgehead atoms. The van der Waals surface area contributed by atoms with E-state index in [4.69, 9.17) is 5.73 Å². The number of fused-ring (bicyclic) bond motifs is 1. The maximum atomic E-state index is 5.61. The molecule has 2 rings (SSSR count). The largest absolute Gasteiger partial charge is 0.347 e. The van der Waals surface area contributed by atoms with E-state index in [1.807, 2.05) is 6.08 Å². The van der Waals surface area contributed by atoms with Gasteiger partial charge in [-0.25, -0.2) is 0 Å². The molecule has 0 spiro atoms. The van der Waals surface area contributed by atoms with E-state index < -0.39 is 0 Å². The number of aryl methyl sites for hydroxylation is 2. The third-order valence-electron chi connectivity index (χ3n) is 3.33. The van der Waals surface area contributed by atoms with E-state index in [-0.39, 0.29) is 0 Å². The minimum Gasteiger partial charge on any atom is -0.347 e. The molecule has 0 amide bonds. The van der Waals surface area contributed by atoms with Gasteiger partial charge in [-0.1, -0.05) is 24.3 Å². The Hall–Kier alpha value is -1.54. The van der Waals surface area contributed by atoms with Crippen LogP contribution in [0.15, 0.2) is 43.1 Å². The zero-order valence-electron chi connectivity index (χ0n) is 10.9. The summed E-state index contributed by atoms with van der Waals surface area (Å²) in [6.07, 6.45) is 8.64. The van der Waals surface area contributed by atoms with Crippen LogP contribution in [-0.2, 0) is 13.0 Å². The van der Waals surface area contributed by atoms with E-state index in [1.54, 1.807) is 0 Å². The zero-order valence-corrected chi connectivity index (χ0v) is 10.9. The molecule has 0 aliphatic carbocycles. The van der Waals surface area contributed by atoms with E-state index in [0.29, 0.717) is 0 Å². The van der Waals surface area contributed by atoms with Crippen LogP contribution < -0.4 is 5.73 Å². The van der Waals surface area contributed by atoms with Gasteiger partial charge in [0.25, 0.3) is 0 Å². The molecular formula is C16H22N2. The van der Waals surface area contributed by atoms with Gasteiger partial charge in [-0.05, 0) is 43.9 Å². The van der Waals surface area contributed by atoms with Crippen molar-refractivity contribution in [3.8, 4) is 0 Å². The second-order valence-electron chi connectivity index (χ2n) is 4.69. The number of hydrogen-bond donors (Lipinski definition) is 1. The number of hydrogen-bond acceptors (Lipinski definition) is 1. The highest BCUT2D eigenvalue weighted by Crippen LogP contribution is 2.22. The molecular weight excluding hydrogens is 220 g/mol. The van der Waals surface area contributed by atoms with Gasteiger partial charge in [-0.3, -0.25) is 0 Å². The fourth-order valence-electron chi connectivity index (χ4n) is 2.41. The molecule has 0 aliphatic heterocycles. The number of nitrogens with zero attached hydrogens (tertiary/aromatic N) is 1. The lowest BCUT2D eigenvalue weighted by Crippen LogP contribution is -2.00. The Morgan fingerprint density at radius 1 is 1.22 bits per heavy atom. The number of unbranched alkanes of at least 4 members (excludes halogenated alkanes) is 1. The van der Waals surface area contributed by atoms with E-state index >= 15 is 0 Å². The Kier molecular flexibility index (Phi) is 4.59. The first-order valence-electron chi connectivity index (χ1n) is 6.74. The summed E-state index contributed by atoms with van der Waals surface area (Å²) in [6, 6.07) is 8.64. The van der Waals surface area contributed by atoms with Gasteiger partial charge >= 0.3 is 0 Å². The summed E-state index contributed by atoms with van der Waals surface area (Å²) in [6.45, 7) is 5.60. The van der Waals surface area contributed by atoms with Gasteiger partial charge in [0, 0.05) is 23.6 Å². The molecule has 1 heterocycles. The first-order valence-corrected chi connectivity index (χ1v) is 6.74. The molecule has 0 fully saturated rings. The zero-order chi connectivity index (χ0) is 12.8. The van der Waals surface area contributed by atoms with Crippen LogP contribution in [0.1, 0.15) is 24.8 Å². The average Bonchev–Trinajstić information content (AvgIpc) is 2.76. The molecule has 0 atom stereocenters. The highest BCUT2D eigenvalue weighted by Gasteiger charge is 2.06. The van der Waals surface area contributed by atoms with Crippen LogP contribution in [0.3, 0.4) is 0 Å². The standard InChI is InChI=1S/C16H22N2/c1-2-3-6-12-18-13-14(8-7-11-17)15-9-4-5-10-16(15)18/h2,4-5,9-10,13H,1,3,6-8,11-12,17H2. The lowest BCUT2D eigenvalue weighted by atomic mass is 10.1. The van der Waals surface area contributed by atoms with Crippen molar-refractivity contribution in [1.29, 1.82) is 0 Å². The first-order chi connectivity index (χ1) is 8.86. The highest BCUT2D eigenvalue weighted by molar-refractivity contribution is 5.83. The molecule has 2 N–H and O–H groups in total. The van der Waals surface area contributed by atoms with Crippen molar-refractivity contribution in [3.05, 3.63) is 48.7 Å². The lowest BCUT2D eigenvalue weighted by molar-refractivity contribution is 0.668. The van der Waals surface area contributed by atoms with Crippen molar-refractivity contribution in [2.24, 2.45) is 5.73 Å². The van der Waals surface area contributed by atoms with Gasteiger partial charge in [0.05, 0.1) is 0 Å². The molecule has 0 aliphatic rings. The fourth-order valence-corrected chi connectivity index (χ4v) is 2.41. The Morgan fingerprint density at radius 3 is 2.83 bits per heavy atom. The van der Waals surface area contributed by atoms with Crippen LogP contribution in [0.2, 0.25) is 0 Å². The normalized spacial score (nSPS) is 10.9. The molecule has 1 aromatic heterocycles. The smallest absolute Gasteiger partial charge is 0.0483 e. The molecule has 2 heteroatoms. The van der Waals surface area contributed by atoms with Crippen LogP contribution in [-0.4, -0.2) is 11.1 Å². The number of rotatable bonds is 7. The SMILES string of the molecule is C=CCCCn1cc(CCCN)c2ccccc21. The predicted octanol–water partition coefficient (Wildman–Crippen LogP) is 3.50. The summed E-state index contributed by atoms with van der Waals surface area (Å²) in [7, 11) is 0. The van der Waals surface area contributed by atoms with Crippen molar-refractivity contribution >= 4 is 10.9 Å². The molecule has 2 nitrogen and oxygen atoms in total. The first kappa shape index (κ1) is 12.9. The summed E-state index contributed by atoms with van der Waals surface area (Å²) in [5, 5.41) is 1.38. The van der Waals surface area contributed by atoms with E-state index in [9.17, 15) is 0 Å². The summed E-state index contributed by atoms with van der Waals surface area (Å²) in [5.74, 6) is 0. The lowest BCUT2D eigenvalue weighted by Gasteiger charge is -2.03. The molecule has 2 aromatic rings. The maximum Gasteiger partial charge on any atom is 0.0483 e. The minimum absolute atomic E-state index is 0.760. The molecule has 96 valence electrons. The predicted molar refractivity (Wildman–Crippen MR) is 78.7 cm³/mol.